The maximum absolute atomic E-state index is 12.8. The fourth-order valence-electron chi connectivity index (χ4n) is 3.29. The number of amides is 2. The summed E-state index contributed by atoms with van der Waals surface area (Å²) in [5, 5.41) is 23.5. The van der Waals surface area contributed by atoms with Gasteiger partial charge in [0, 0.05) is 11.4 Å². The van der Waals surface area contributed by atoms with Crippen molar-refractivity contribution in [3.05, 3.63) is 71.8 Å². The summed E-state index contributed by atoms with van der Waals surface area (Å²) < 4.78 is 0. The molecule has 2 unspecified atom stereocenters. The standard InChI is InChI=1S/C22H20N2O6/c25-19(23-15-10-8-13(9-11-15)21(27)28)17-6-1-2-7-18(17)20(26)24-16-5-3-4-14(12-16)22(29)30/h1-5,8-12,17-18H,6-7H2,(H,23,25)(H,24,26)(H,27,28)(H,29,30). The molecule has 1 aliphatic carbocycles. The number of benzene rings is 2. The molecule has 0 saturated carbocycles. The van der Waals surface area contributed by atoms with E-state index in [0.717, 1.165) is 0 Å². The van der Waals surface area contributed by atoms with Crippen LogP contribution in [0.3, 0.4) is 0 Å². The van der Waals surface area contributed by atoms with Crippen LogP contribution in [0.5, 0.6) is 0 Å². The van der Waals surface area contributed by atoms with E-state index in [4.69, 9.17) is 10.2 Å². The number of hydrogen-bond acceptors (Lipinski definition) is 4. The van der Waals surface area contributed by atoms with E-state index < -0.39 is 23.8 Å². The third-order valence-corrected chi connectivity index (χ3v) is 4.88. The van der Waals surface area contributed by atoms with Gasteiger partial charge in [-0.25, -0.2) is 9.59 Å². The van der Waals surface area contributed by atoms with Gasteiger partial charge in [-0.1, -0.05) is 18.2 Å². The molecule has 2 aromatic carbocycles. The van der Waals surface area contributed by atoms with Crippen LogP contribution in [-0.2, 0) is 9.59 Å². The lowest BCUT2D eigenvalue weighted by Crippen LogP contribution is -2.37. The van der Waals surface area contributed by atoms with Crippen molar-refractivity contribution in [3.8, 4) is 0 Å². The maximum atomic E-state index is 12.8. The summed E-state index contributed by atoms with van der Waals surface area (Å²) in [5.74, 6) is -4.12. The van der Waals surface area contributed by atoms with Gasteiger partial charge in [0.05, 0.1) is 23.0 Å². The number of carbonyl (C=O) groups is 4. The van der Waals surface area contributed by atoms with Crippen LogP contribution in [0.2, 0.25) is 0 Å². The molecule has 30 heavy (non-hydrogen) atoms. The second-order valence-electron chi connectivity index (χ2n) is 6.90. The molecule has 2 amide bonds. The lowest BCUT2D eigenvalue weighted by molar-refractivity contribution is -0.129. The Kier molecular flexibility index (Phi) is 6.26. The van der Waals surface area contributed by atoms with Crippen LogP contribution in [0.15, 0.2) is 60.7 Å². The SMILES string of the molecule is O=C(O)c1ccc(NC(=O)C2CC=CCC2C(=O)Nc2cccc(C(=O)O)c2)cc1. The average molecular weight is 408 g/mol. The van der Waals surface area contributed by atoms with Gasteiger partial charge in [0.2, 0.25) is 11.8 Å². The van der Waals surface area contributed by atoms with Crippen LogP contribution in [-0.4, -0.2) is 34.0 Å². The lowest BCUT2D eigenvalue weighted by Gasteiger charge is -2.26. The highest BCUT2D eigenvalue weighted by molar-refractivity contribution is 6.01. The van der Waals surface area contributed by atoms with Crippen LogP contribution in [0, 0.1) is 11.8 Å². The minimum atomic E-state index is -1.10. The summed E-state index contributed by atoms with van der Waals surface area (Å²) in [5.41, 5.74) is 0.940. The molecule has 154 valence electrons. The molecule has 0 fully saturated rings. The molecule has 8 heteroatoms. The zero-order valence-corrected chi connectivity index (χ0v) is 15.9. The summed E-state index contributed by atoms with van der Waals surface area (Å²) in [6.45, 7) is 0. The second-order valence-corrected chi connectivity index (χ2v) is 6.90. The average Bonchev–Trinajstić information content (AvgIpc) is 2.74. The molecular formula is C22H20N2O6. The van der Waals surface area contributed by atoms with E-state index in [-0.39, 0.29) is 22.9 Å². The third kappa shape index (κ3) is 4.91. The number of aromatic carboxylic acids is 2. The Morgan fingerprint density at radius 2 is 1.23 bits per heavy atom. The molecule has 0 radical (unpaired) electrons. The molecule has 0 spiro atoms. The Labute approximate surface area is 172 Å². The van der Waals surface area contributed by atoms with Crippen molar-refractivity contribution < 1.29 is 29.4 Å². The quantitative estimate of drug-likeness (QED) is 0.543. The Morgan fingerprint density at radius 3 is 1.77 bits per heavy atom. The Morgan fingerprint density at radius 1 is 0.700 bits per heavy atom. The number of hydrogen-bond donors (Lipinski definition) is 4. The van der Waals surface area contributed by atoms with Gasteiger partial charge in [-0.05, 0) is 55.3 Å². The number of rotatable bonds is 6. The Hall–Kier alpha value is -3.94. The highest BCUT2D eigenvalue weighted by Gasteiger charge is 2.34. The summed E-state index contributed by atoms with van der Waals surface area (Å²) in [6.07, 6.45) is 4.43. The smallest absolute Gasteiger partial charge is 0.335 e. The van der Waals surface area contributed by atoms with Gasteiger partial charge in [-0.2, -0.15) is 0 Å². The fraction of sp³-hybridized carbons (Fsp3) is 0.182. The lowest BCUT2D eigenvalue weighted by atomic mass is 9.81. The molecule has 4 N–H and O–H groups in total. The molecule has 2 aromatic rings. The Balaban J connectivity index is 1.70. The van der Waals surface area contributed by atoms with Gasteiger partial charge in [-0.3, -0.25) is 9.59 Å². The number of anilines is 2. The van der Waals surface area contributed by atoms with E-state index in [2.05, 4.69) is 10.6 Å². The molecule has 0 aliphatic heterocycles. The molecule has 0 saturated heterocycles. The van der Waals surface area contributed by atoms with E-state index in [9.17, 15) is 19.2 Å². The molecule has 1 aliphatic rings. The Bertz CT molecular complexity index is 1010. The van der Waals surface area contributed by atoms with Crippen molar-refractivity contribution in [1.29, 1.82) is 0 Å². The van der Waals surface area contributed by atoms with Crippen LogP contribution in [0.1, 0.15) is 33.6 Å². The van der Waals surface area contributed by atoms with Crippen molar-refractivity contribution in [1.82, 2.24) is 0 Å². The van der Waals surface area contributed by atoms with Gasteiger partial charge >= 0.3 is 11.9 Å². The van der Waals surface area contributed by atoms with E-state index in [1.165, 1.54) is 42.5 Å². The third-order valence-electron chi connectivity index (χ3n) is 4.88. The molecule has 3 rings (SSSR count). The van der Waals surface area contributed by atoms with Gasteiger partial charge in [-0.15, -0.1) is 0 Å². The van der Waals surface area contributed by atoms with Crippen LogP contribution in [0.4, 0.5) is 11.4 Å². The predicted octanol–water partition coefficient (Wildman–Crippen LogP) is 3.24. The van der Waals surface area contributed by atoms with Crippen LogP contribution < -0.4 is 10.6 Å². The fourth-order valence-corrected chi connectivity index (χ4v) is 3.29. The summed E-state index contributed by atoms with van der Waals surface area (Å²) >= 11 is 0. The van der Waals surface area contributed by atoms with E-state index >= 15 is 0 Å². The zero-order valence-electron chi connectivity index (χ0n) is 15.9. The van der Waals surface area contributed by atoms with Gasteiger partial charge < -0.3 is 20.8 Å². The summed E-state index contributed by atoms with van der Waals surface area (Å²) in [6, 6.07) is 11.7. The first-order valence-corrected chi connectivity index (χ1v) is 9.28. The minimum absolute atomic E-state index is 0.0513. The van der Waals surface area contributed by atoms with Crippen molar-refractivity contribution in [2.75, 3.05) is 10.6 Å². The van der Waals surface area contributed by atoms with Crippen molar-refractivity contribution in [2.45, 2.75) is 12.8 Å². The van der Waals surface area contributed by atoms with Gasteiger partial charge in [0.1, 0.15) is 0 Å². The molecule has 0 aromatic heterocycles. The zero-order chi connectivity index (χ0) is 21.7. The van der Waals surface area contributed by atoms with Crippen LogP contribution in [0.25, 0.3) is 0 Å². The summed E-state index contributed by atoms with van der Waals surface area (Å²) in [4.78, 5) is 47.6. The molecular weight excluding hydrogens is 388 g/mol. The van der Waals surface area contributed by atoms with Gasteiger partial charge in [0.15, 0.2) is 0 Å². The second kappa shape index (κ2) is 9.04. The number of nitrogens with one attached hydrogen (secondary N) is 2. The van der Waals surface area contributed by atoms with E-state index in [1.54, 1.807) is 6.07 Å². The van der Waals surface area contributed by atoms with Gasteiger partial charge in [0.25, 0.3) is 0 Å². The van der Waals surface area contributed by atoms with Crippen molar-refractivity contribution >= 4 is 35.1 Å². The monoisotopic (exact) mass is 408 g/mol. The maximum Gasteiger partial charge on any atom is 0.335 e. The highest BCUT2D eigenvalue weighted by Crippen LogP contribution is 2.28. The normalized spacial score (nSPS) is 17.7. The van der Waals surface area contributed by atoms with Crippen molar-refractivity contribution in [2.24, 2.45) is 11.8 Å². The molecule has 8 nitrogen and oxygen atoms in total. The predicted molar refractivity (Wildman–Crippen MR) is 109 cm³/mol. The molecule has 0 bridgehead atoms. The first kappa shape index (κ1) is 20.8. The largest absolute Gasteiger partial charge is 0.478 e. The first-order valence-electron chi connectivity index (χ1n) is 9.28. The topological polar surface area (TPSA) is 133 Å². The van der Waals surface area contributed by atoms with Crippen LogP contribution >= 0.6 is 0 Å². The minimum Gasteiger partial charge on any atom is -0.478 e. The van der Waals surface area contributed by atoms with E-state index in [0.29, 0.717) is 24.2 Å². The highest BCUT2D eigenvalue weighted by atomic mass is 16.4. The number of allylic oxidation sites excluding steroid dienone is 2. The number of carboxylic acid groups (broad SMARTS) is 2. The summed E-state index contributed by atoms with van der Waals surface area (Å²) in [7, 11) is 0. The molecule has 2 atom stereocenters. The first-order chi connectivity index (χ1) is 14.3. The molecule has 0 heterocycles. The van der Waals surface area contributed by atoms with Crippen molar-refractivity contribution in [3.63, 3.8) is 0 Å². The number of carboxylic acids is 2. The van der Waals surface area contributed by atoms with E-state index in [1.807, 2.05) is 12.2 Å². The number of carbonyl (C=O) groups excluding carboxylic acids is 2.